The van der Waals surface area contributed by atoms with Crippen molar-refractivity contribution in [3.05, 3.63) is 28.2 Å². The van der Waals surface area contributed by atoms with E-state index in [1.807, 2.05) is 0 Å². The van der Waals surface area contributed by atoms with Crippen LogP contribution >= 0.6 is 15.9 Å². The fourth-order valence-electron chi connectivity index (χ4n) is 3.18. The highest BCUT2D eigenvalue weighted by molar-refractivity contribution is 9.10. The van der Waals surface area contributed by atoms with E-state index in [4.69, 9.17) is 0 Å². The van der Waals surface area contributed by atoms with E-state index in [9.17, 15) is 0 Å². The highest BCUT2D eigenvalue weighted by atomic mass is 79.9. The number of fused-ring (bicyclic) bond motifs is 1. The molecule has 0 saturated heterocycles. The molecule has 0 saturated carbocycles. The highest BCUT2D eigenvalue weighted by Crippen LogP contribution is 2.42. The van der Waals surface area contributed by atoms with Crippen molar-refractivity contribution in [3.8, 4) is 0 Å². The van der Waals surface area contributed by atoms with Crippen molar-refractivity contribution in [1.82, 2.24) is 0 Å². The van der Waals surface area contributed by atoms with Crippen molar-refractivity contribution in [2.24, 2.45) is 0 Å². The third kappa shape index (κ3) is 2.60. The molecule has 0 fully saturated rings. The Morgan fingerprint density at radius 3 is 2.71 bits per heavy atom. The predicted molar refractivity (Wildman–Crippen MR) is 82.9 cm³/mol. The number of rotatable bonds is 3. The number of nitrogens with one attached hydrogen (secondary N) is 1. The zero-order valence-corrected chi connectivity index (χ0v) is 13.7. The molecule has 94 valence electrons. The third-order valence-corrected chi connectivity index (χ3v) is 8.94. The first-order valence-corrected chi connectivity index (χ1v) is 9.79. The first-order valence-electron chi connectivity index (χ1n) is 6.70. The average molecular weight is 312 g/mol. The van der Waals surface area contributed by atoms with Gasteiger partial charge in [0.2, 0.25) is 0 Å². The van der Waals surface area contributed by atoms with Crippen LogP contribution in [0.1, 0.15) is 32.3 Å². The molecule has 1 aliphatic heterocycles. The molecule has 1 aromatic rings. The Bertz CT molecular complexity index is 390. The average Bonchev–Trinajstić information content (AvgIpc) is 2.34. The lowest BCUT2D eigenvalue weighted by Crippen LogP contribution is -2.32. The van der Waals surface area contributed by atoms with Crippen molar-refractivity contribution in [2.75, 3.05) is 11.9 Å². The van der Waals surface area contributed by atoms with Gasteiger partial charge in [0.15, 0.2) is 0 Å². The minimum Gasteiger partial charge on any atom is -0.385 e. The number of hydrogen-bond donors (Lipinski definition) is 1. The lowest BCUT2D eigenvalue weighted by atomic mass is 9.92. The van der Waals surface area contributed by atoms with Gasteiger partial charge in [-0.25, -0.2) is 0 Å². The summed E-state index contributed by atoms with van der Waals surface area (Å²) in [6, 6.07) is 9.50. The number of hydrogen-bond acceptors (Lipinski definition) is 1. The molecule has 0 aromatic heterocycles. The molecule has 2 rings (SSSR count). The summed E-state index contributed by atoms with van der Waals surface area (Å²) >= 11 is 3.59. The second-order valence-electron chi connectivity index (χ2n) is 5.14. The van der Waals surface area contributed by atoms with Crippen LogP contribution in [0, 0.1) is 0 Å². The van der Waals surface area contributed by atoms with Crippen LogP contribution in [0.25, 0.3) is 0 Å². The van der Waals surface area contributed by atoms with Crippen LogP contribution in [0.5, 0.6) is 0 Å². The Morgan fingerprint density at radius 2 is 2.06 bits per heavy atom. The Kier molecular flexibility index (Phi) is 4.31. The van der Waals surface area contributed by atoms with Gasteiger partial charge in [-0.15, -0.1) is 0 Å². The summed E-state index contributed by atoms with van der Waals surface area (Å²) in [5, 5.41) is 3.63. The molecule has 3 heteroatoms. The van der Waals surface area contributed by atoms with Crippen LogP contribution in [0.15, 0.2) is 22.7 Å². The lowest BCUT2D eigenvalue weighted by molar-refractivity contribution is 0.662. The Balaban J connectivity index is 2.28. The van der Waals surface area contributed by atoms with Gasteiger partial charge in [-0.1, -0.05) is 48.8 Å². The molecule has 0 radical (unpaired) electrons. The fourth-order valence-corrected chi connectivity index (χ4v) is 6.82. The van der Waals surface area contributed by atoms with Gasteiger partial charge in [0, 0.05) is 25.5 Å². The quantitative estimate of drug-likeness (QED) is 0.803. The van der Waals surface area contributed by atoms with Crippen molar-refractivity contribution in [3.63, 3.8) is 0 Å². The summed E-state index contributed by atoms with van der Waals surface area (Å²) in [6.45, 7) is 8.36. The van der Waals surface area contributed by atoms with E-state index < -0.39 is 8.80 Å². The monoisotopic (exact) mass is 311 g/mol. The van der Waals surface area contributed by atoms with Gasteiger partial charge in [0.1, 0.15) is 0 Å². The molecule has 0 amide bonds. The fraction of sp³-hybridized carbons (Fsp3) is 0.571. The van der Waals surface area contributed by atoms with Gasteiger partial charge < -0.3 is 5.32 Å². The maximum atomic E-state index is 3.63. The van der Waals surface area contributed by atoms with Crippen LogP contribution in [-0.4, -0.2) is 15.3 Å². The second kappa shape index (κ2) is 5.57. The molecule has 17 heavy (non-hydrogen) atoms. The number of halogens is 1. The topological polar surface area (TPSA) is 12.0 Å². The molecule has 2 unspecified atom stereocenters. The Hall–Kier alpha value is -0.283. The van der Waals surface area contributed by atoms with E-state index in [-0.39, 0.29) is 0 Å². The summed E-state index contributed by atoms with van der Waals surface area (Å²) in [6.07, 6.45) is 0. The number of benzene rings is 1. The normalized spacial score (nSPS) is 23.4. The Morgan fingerprint density at radius 1 is 1.35 bits per heavy atom. The smallest absolute Gasteiger partial charge is 0.0422 e. The van der Waals surface area contributed by atoms with E-state index in [1.54, 1.807) is 0 Å². The molecule has 1 nitrogen and oxygen atoms in total. The molecule has 0 bridgehead atoms. The predicted octanol–water partition coefficient (Wildman–Crippen LogP) is 4.62. The summed E-state index contributed by atoms with van der Waals surface area (Å²) < 4.78 is 1.21. The zero-order valence-electron chi connectivity index (χ0n) is 11.0. The Labute approximate surface area is 115 Å². The van der Waals surface area contributed by atoms with Crippen LogP contribution in [-0.2, 0) is 0 Å². The zero-order chi connectivity index (χ0) is 12.4. The van der Waals surface area contributed by atoms with E-state index in [0.29, 0.717) is 0 Å². The van der Waals surface area contributed by atoms with Crippen molar-refractivity contribution >= 4 is 30.4 Å². The summed E-state index contributed by atoms with van der Waals surface area (Å²) in [7, 11) is -0.584. The molecule has 0 aliphatic carbocycles. The first kappa shape index (κ1) is 13.2. The van der Waals surface area contributed by atoms with Crippen molar-refractivity contribution < 1.29 is 0 Å². The van der Waals surface area contributed by atoms with Gasteiger partial charge >= 0.3 is 0 Å². The van der Waals surface area contributed by atoms with Gasteiger partial charge in [-0.3, -0.25) is 0 Å². The van der Waals surface area contributed by atoms with Crippen LogP contribution in [0.2, 0.25) is 17.6 Å². The molecular weight excluding hydrogens is 290 g/mol. The lowest BCUT2D eigenvalue weighted by Gasteiger charge is -2.36. The SMILES string of the molecule is CC[SiH](CC)C1CNc2ccc(Br)cc2C1C. The molecule has 0 spiro atoms. The summed E-state index contributed by atoms with van der Waals surface area (Å²) in [5.41, 5.74) is 3.76. The molecule has 2 atom stereocenters. The summed E-state index contributed by atoms with van der Waals surface area (Å²) in [4.78, 5) is 0. The molecule has 1 aromatic carbocycles. The van der Waals surface area contributed by atoms with Crippen LogP contribution < -0.4 is 5.32 Å². The largest absolute Gasteiger partial charge is 0.385 e. The van der Waals surface area contributed by atoms with Crippen molar-refractivity contribution in [2.45, 2.75) is 44.3 Å². The van der Waals surface area contributed by atoms with Gasteiger partial charge in [-0.05, 0) is 35.2 Å². The van der Waals surface area contributed by atoms with E-state index in [0.717, 1.165) is 11.5 Å². The summed E-state index contributed by atoms with van der Waals surface area (Å²) in [5.74, 6) is 0.723. The van der Waals surface area contributed by atoms with Gasteiger partial charge in [0.25, 0.3) is 0 Å². The van der Waals surface area contributed by atoms with E-state index >= 15 is 0 Å². The standard InChI is InChI=1S/C14H22BrNSi/c1-4-17(5-2)14-9-16-13-7-6-11(15)8-12(13)10(14)3/h6-8,10,14,16-17H,4-5,9H2,1-3H3. The van der Waals surface area contributed by atoms with E-state index in [1.165, 1.54) is 34.4 Å². The molecule has 1 aliphatic rings. The minimum absolute atomic E-state index is 0.584. The highest BCUT2D eigenvalue weighted by Gasteiger charge is 2.31. The molecular formula is C14H22BrNSi. The van der Waals surface area contributed by atoms with Crippen molar-refractivity contribution in [1.29, 1.82) is 0 Å². The third-order valence-electron chi connectivity index (χ3n) is 4.33. The molecule has 1 N–H and O–H groups in total. The van der Waals surface area contributed by atoms with Gasteiger partial charge in [0.05, 0.1) is 0 Å². The van der Waals surface area contributed by atoms with Gasteiger partial charge in [-0.2, -0.15) is 0 Å². The molecule has 1 heterocycles. The minimum atomic E-state index is -0.584. The van der Waals surface area contributed by atoms with E-state index in [2.05, 4.69) is 60.2 Å². The maximum absolute atomic E-state index is 3.63. The van der Waals surface area contributed by atoms with Crippen LogP contribution in [0.3, 0.4) is 0 Å². The second-order valence-corrected chi connectivity index (χ2v) is 10.1. The maximum Gasteiger partial charge on any atom is 0.0422 e. The number of anilines is 1. The van der Waals surface area contributed by atoms with Crippen LogP contribution in [0.4, 0.5) is 5.69 Å². The first-order chi connectivity index (χ1) is 8.17.